The van der Waals surface area contributed by atoms with Crippen molar-refractivity contribution in [1.29, 1.82) is 0 Å². The molecule has 3 rings (SSSR count). The van der Waals surface area contributed by atoms with Crippen molar-refractivity contribution in [2.45, 2.75) is 30.6 Å². The summed E-state index contributed by atoms with van der Waals surface area (Å²) in [6.45, 7) is -0.493. The van der Waals surface area contributed by atoms with Crippen LogP contribution < -0.4 is 10.6 Å². The molecule has 2 aromatic carbocycles. The van der Waals surface area contributed by atoms with Crippen LogP contribution in [0.25, 0.3) is 10.8 Å². The van der Waals surface area contributed by atoms with E-state index in [1.165, 1.54) is 0 Å². The molecule has 0 amide bonds. The average molecular weight is 364 g/mol. The van der Waals surface area contributed by atoms with Gasteiger partial charge in [-0.15, -0.1) is 0 Å². The minimum atomic E-state index is -1.45. The first kappa shape index (κ1) is 18.0. The Labute approximate surface area is 149 Å². The zero-order chi connectivity index (χ0) is 18.0. The second kappa shape index (κ2) is 7.61. The Kier molecular flexibility index (Phi) is 5.48. The molecule has 1 saturated heterocycles. The fourth-order valence-corrected chi connectivity index (χ4v) is 3.07. The average Bonchev–Trinajstić information content (AvgIpc) is 2.62. The second-order valence-corrected chi connectivity index (χ2v) is 6.28. The van der Waals surface area contributed by atoms with Crippen LogP contribution in [0.2, 0.25) is 0 Å². The summed E-state index contributed by atoms with van der Waals surface area (Å²) in [6, 6.07) is 13.5. The molecule has 7 nitrogen and oxygen atoms in total. The highest BCUT2D eigenvalue weighted by atomic mass is 32.1. The number of hydrogen-bond donors (Lipinski definition) is 6. The Morgan fingerprint density at radius 3 is 2.48 bits per heavy atom. The van der Waals surface area contributed by atoms with Crippen molar-refractivity contribution in [2.24, 2.45) is 0 Å². The highest BCUT2D eigenvalue weighted by molar-refractivity contribution is 7.80. The van der Waals surface area contributed by atoms with Crippen molar-refractivity contribution in [3.8, 4) is 0 Å². The zero-order valence-corrected chi connectivity index (χ0v) is 14.1. The van der Waals surface area contributed by atoms with Crippen molar-refractivity contribution in [1.82, 2.24) is 5.32 Å². The van der Waals surface area contributed by atoms with Crippen LogP contribution in [0.1, 0.15) is 0 Å². The van der Waals surface area contributed by atoms with Gasteiger partial charge in [-0.25, -0.2) is 0 Å². The monoisotopic (exact) mass is 364 g/mol. The standard InChI is InChI=1S/C17H20N2O5S/c20-8-12-13(21)14(22)15(23)16(24-12)19-17(25)18-11-7-3-5-9-4-1-2-6-10(9)11/h1-7,12-16,20-23H,8H2,(H2,18,19,25)/t12-,13-,14+,15-,16-/m1/s1. The molecule has 0 bridgehead atoms. The number of nitrogens with one attached hydrogen (secondary N) is 2. The van der Waals surface area contributed by atoms with E-state index in [0.29, 0.717) is 0 Å². The maximum Gasteiger partial charge on any atom is 0.172 e. The van der Waals surface area contributed by atoms with Crippen molar-refractivity contribution in [3.05, 3.63) is 42.5 Å². The number of hydrogen-bond acceptors (Lipinski definition) is 6. The number of thiocarbonyl (C=S) groups is 1. The summed E-state index contributed by atoms with van der Waals surface area (Å²) in [5.41, 5.74) is 0.778. The van der Waals surface area contributed by atoms with Gasteiger partial charge in [0.2, 0.25) is 0 Å². The smallest absolute Gasteiger partial charge is 0.172 e. The van der Waals surface area contributed by atoms with Gasteiger partial charge in [0.15, 0.2) is 11.3 Å². The fourth-order valence-electron chi connectivity index (χ4n) is 2.84. The summed E-state index contributed by atoms with van der Waals surface area (Å²) in [4.78, 5) is 0. The van der Waals surface area contributed by atoms with Crippen molar-refractivity contribution < 1.29 is 25.2 Å². The van der Waals surface area contributed by atoms with Gasteiger partial charge in [0.1, 0.15) is 24.4 Å². The minimum absolute atomic E-state index is 0.181. The molecule has 1 heterocycles. The summed E-state index contributed by atoms with van der Waals surface area (Å²) < 4.78 is 5.38. The molecule has 0 aliphatic carbocycles. The molecule has 1 fully saturated rings. The molecule has 0 aromatic heterocycles. The van der Waals surface area contributed by atoms with Gasteiger partial charge in [0, 0.05) is 11.1 Å². The first-order valence-electron chi connectivity index (χ1n) is 7.87. The predicted molar refractivity (Wildman–Crippen MR) is 97.1 cm³/mol. The lowest BCUT2D eigenvalue weighted by molar-refractivity contribution is -0.232. The van der Waals surface area contributed by atoms with Gasteiger partial charge in [-0.2, -0.15) is 0 Å². The number of fused-ring (bicyclic) bond motifs is 1. The van der Waals surface area contributed by atoms with Crippen molar-refractivity contribution >= 4 is 33.8 Å². The Morgan fingerprint density at radius 2 is 1.72 bits per heavy atom. The van der Waals surface area contributed by atoms with E-state index in [1.54, 1.807) is 0 Å². The van der Waals surface area contributed by atoms with E-state index in [-0.39, 0.29) is 5.11 Å². The van der Waals surface area contributed by atoms with Gasteiger partial charge in [-0.3, -0.25) is 0 Å². The molecule has 0 spiro atoms. The molecule has 25 heavy (non-hydrogen) atoms. The van der Waals surface area contributed by atoms with Gasteiger partial charge >= 0.3 is 0 Å². The molecule has 2 aromatic rings. The summed E-state index contributed by atoms with van der Waals surface area (Å²) in [5.74, 6) is 0. The minimum Gasteiger partial charge on any atom is -0.394 e. The van der Waals surface area contributed by atoms with Gasteiger partial charge in [-0.1, -0.05) is 36.4 Å². The number of aliphatic hydroxyl groups is 4. The Balaban J connectivity index is 1.71. The Hall–Kier alpha value is -1.81. The normalized spacial score (nSPS) is 29.4. The SMILES string of the molecule is OC[C@H]1O[C@@H](NC(=S)Nc2cccc3ccccc23)[C@H](O)[C@@H](O)[C@@H]1O. The number of aliphatic hydroxyl groups excluding tert-OH is 4. The largest absolute Gasteiger partial charge is 0.394 e. The maximum absolute atomic E-state index is 10.0. The van der Waals surface area contributed by atoms with Gasteiger partial charge < -0.3 is 35.8 Å². The summed E-state index contributed by atoms with van der Waals surface area (Å²) in [5, 5.41) is 46.9. The van der Waals surface area contributed by atoms with Gasteiger partial charge in [0.05, 0.1) is 6.61 Å². The summed E-state index contributed by atoms with van der Waals surface area (Å²) in [6.07, 6.45) is -6.31. The van der Waals surface area contributed by atoms with E-state index in [9.17, 15) is 20.4 Å². The van der Waals surface area contributed by atoms with Crippen LogP contribution in [0.4, 0.5) is 5.69 Å². The quantitative estimate of drug-likeness (QED) is 0.420. The van der Waals surface area contributed by atoms with Gasteiger partial charge in [0.25, 0.3) is 0 Å². The topological polar surface area (TPSA) is 114 Å². The number of anilines is 1. The lowest BCUT2D eigenvalue weighted by atomic mass is 9.98. The lowest BCUT2D eigenvalue weighted by Gasteiger charge is -2.40. The van der Waals surface area contributed by atoms with Crippen LogP contribution in [0.5, 0.6) is 0 Å². The lowest BCUT2D eigenvalue weighted by Crippen LogP contribution is -2.63. The van der Waals surface area contributed by atoms with Gasteiger partial charge in [-0.05, 0) is 23.7 Å². The highest BCUT2D eigenvalue weighted by Gasteiger charge is 2.43. The molecule has 5 atom stereocenters. The third kappa shape index (κ3) is 3.74. The molecule has 134 valence electrons. The van der Waals surface area contributed by atoms with Crippen molar-refractivity contribution in [3.63, 3.8) is 0 Å². The molecule has 0 radical (unpaired) electrons. The number of rotatable bonds is 3. The highest BCUT2D eigenvalue weighted by Crippen LogP contribution is 2.23. The fraction of sp³-hybridized carbons (Fsp3) is 0.353. The molecule has 0 unspecified atom stereocenters. The van der Waals surface area contributed by atoms with E-state index in [1.807, 2.05) is 42.5 Å². The van der Waals surface area contributed by atoms with Crippen LogP contribution in [0, 0.1) is 0 Å². The van der Waals surface area contributed by atoms with Crippen molar-refractivity contribution in [2.75, 3.05) is 11.9 Å². The Morgan fingerprint density at radius 1 is 1.00 bits per heavy atom. The molecule has 1 aliphatic heterocycles. The Bertz CT molecular complexity index is 751. The second-order valence-electron chi connectivity index (χ2n) is 5.87. The van der Waals surface area contributed by atoms with Crippen LogP contribution in [-0.2, 0) is 4.74 Å². The maximum atomic E-state index is 10.0. The predicted octanol–water partition coefficient (Wildman–Crippen LogP) is -0.0739. The van der Waals surface area contributed by atoms with E-state index in [2.05, 4.69) is 10.6 Å². The van der Waals surface area contributed by atoms with E-state index < -0.39 is 37.3 Å². The molecule has 6 N–H and O–H groups in total. The molecular formula is C17H20N2O5S. The number of ether oxygens (including phenoxy) is 1. The third-order valence-electron chi connectivity index (χ3n) is 4.20. The zero-order valence-electron chi connectivity index (χ0n) is 13.2. The van der Waals surface area contributed by atoms with Crippen LogP contribution >= 0.6 is 12.2 Å². The van der Waals surface area contributed by atoms with Crippen LogP contribution in [0.15, 0.2) is 42.5 Å². The molecular weight excluding hydrogens is 344 g/mol. The molecule has 0 saturated carbocycles. The van der Waals surface area contributed by atoms with E-state index in [0.717, 1.165) is 16.5 Å². The first-order chi connectivity index (χ1) is 12.0. The summed E-state index contributed by atoms with van der Waals surface area (Å²) >= 11 is 5.26. The van der Waals surface area contributed by atoms with E-state index >= 15 is 0 Å². The van der Waals surface area contributed by atoms with E-state index in [4.69, 9.17) is 17.0 Å². The first-order valence-corrected chi connectivity index (χ1v) is 8.28. The molecule has 1 aliphatic rings. The summed E-state index contributed by atoms with van der Waals surface area (Å²) in [7, 11) is 0. The van der Waals surface area contributed by atoms with Crippen LogP contribution in [0.3, 0.4) is 0 Å². The molecule has 8 heteroatoms. The van der Waals surface area contributed by atoms with Crippen LogP contribution in [-0.4, -0.2) is 62.8 Å². The number of benzene rings is 2. The third-order valence-corrected chi connectivity index (χ3v) is 4.42.